The maximum absolute atomic E-state index is 6.33. The summed E-state index contributed by atoms with van der Waals surface area (Å²) in [5, 5.41) is 5.01. The quantitative estimate of drug-likeness (QED) is 0.137. The zero-order valence-corrected chi connectivity index (χ0v) is 24.3. The van der Waals surface area contributed by atoms with Crippen LogP contribution in [-0.4, -0.2) is 23.8 Å². The van der Waals surface area contributed by atoms with E-state index in [0.29, 0.717) is 11.5 Å². The summed E-state index contributed by atoms with van der Waals surface area (Å²) < 4.78 is 10.5. The first kappa shape index (κ1) is 24.7. The Kier molecular flexibility index (Phi) is 5.48. The van der Waals surface area contributed by atoms with Crippen LogP contribution in [0.3, 0.4) is 0 Å². The molecule has 6 nitrogen and oxygen atoms in total. The fourth-order valence-electron chi connectivity index (χ4n) is 5.55. The molecule has 196 valence electrons. The Morgan fingerprint density at radius 3 is 2.00 bits per heavy atom. The van der Waals surface area contributed by atoms with Crippen molar-refractivity contribution in [1.29, 1.82) is 0 Å². The van der Waals surface area contributed by atoms with E-state index in [-0.39, 0.29) is 26.5 Å². The van der Waals surface area contributed by atoms with Gasteiger partial charge in [0.25, 0.3) is 0 Å². The van der Waals surface area contributed by atoms with Gasteiger partial charge in [-0.3, -0.25) is 15.0 Å². The molecule has 8 rings (SSSR count). The van der Waals surface area contributed by atoms with Gasteiger partial charge in [0.2, 0.25) is 0 Å². The van der Waals surface area contributed by atoms with Crippen LogP contribution in [0, 0.1) is 12.1 Å². The van der Waals surface area contributed by atoms with Crippen LogP contribution < -0.4 is 4.74 Å². The zero-order valence-electron chi connectivity index (χ0n) is 22.0. The molecule has 0 saturated heterocycles. The van der Waals surface area contributed by atoms with Crippen LogP contribution in [0.4, 0.5) is 0 Å². The van der Waals surface area contributed by atoms with Crippen molar-refractivity contribution in [2.75, 3.05) is 0 Å². The van der Waals surface area contributed by atoms with Gasteiger partial charge in [-0.05, 0) is 34.6 Å². The number of pyridine rings is 3. The molecule has 0 aliphatic heterocycles. The van der Waals surface area contributed by atoms with E-state index in [4.69, 9.17) is 4.74 Å². The largest absolute Gasteiger partial charge is 2.00 e. The van der Waals surface area contributed by atoms with Crippen molar-refractivity contribution in [3.63, 3.8) is 0 Å². The summed E-state index contributed by atoms with van der Waals surface area (Å²) in [4.78, 5) is 13.9. The molecule has 0 radical (unpaired) electrons. The summed E-state index contributed by atoms with van der Waals surface area (Å²) in [6.45, 7) is 6.70. The van der Waals surface area contributed by atoms with E-state index in [0.717, 1.165) is 54.8 Å². The van der Waals surface area contributed by atoms with E-state index >= 15 is 0 Å². The molecule has 0 saturated carbocycles. The van der Waals surface area contributed by atoms with E-state index in [1.54, 1.807) is 6.20 Å². The molecule has 0 amide bonds. The van der Waals surface area contributed by atoms with Crippen molar-refractivity contribution in [1.82, 2.24) is 23.8 Å². The molecule has 3 aromatic carbocycles. The summed E-state index contributed by atoms with van der Waals surface area (Å²) in [5.41, 5.74) is 6.06. The minimum Gasteiger partial charge on any atom is -0.497 e. The van der Waals surface area contributed by atoms with Crippen molar-refractivity contribution in [2.24, 2.45) is 0 Å². The van der Waals surface area contributed by atoms with Gasteiger partial charge in [0.05, 0.1) is 22.3 Å². The van der Waals surface area contributed by atoms with Gasteiger partial charge < -0.3 is 13.5 Å². The second-order valence-electron chi connectivity index (χ2n) is 10.9. The number of ether oxygens (including phenoxy) is 1. The topological polar surface area (TPSA) is 56.7 Å². The van der Waals surface area contributed by atoms with E-state index < -0.39 is 0 Å². The van der Waals surface area contributed by atoms with Gasteiger partial charge >= 0.3 is 21.1 Å². The number of aromatic nitrogens is 5. The Bertz CT molecular complexity index is 2260. The van der Waals surface area contributed by atoms with Gasteiger partial charge in [-0.25, -0.2) is 0 Å². The predicted octanol–water partition coefficient (Wildman–Crippen LogP) is 7.68. The van der Waals surface area contributed by atoms with Crippen LogP contribution in [0.15, 0.2) is 85.6 Å². The molecular formula is C33H23N5OPt. The minimum absolute atomic E-state index is 0. The fraction of sp³-hybridized carbons (Fsp3) is 0.121. The van der Waals surface area contributed by atoms with E-state index in [1.807, 2.05) is 53.5 Å². The number of fused-ring (bicyclic) bond motifs is 12. The molecule has 0 aliphatic rings. The van der Waals surface area contributed by atoms with E-state index in [9.17, 15) is 0 Å². The van der Waals surface area contributed by atoms with Crippen LogP contribution in [0.25, 0.3) is 54.8 Å². The molecule has 5 heterocycles. The SMILES string of the molecule is CC(C)(C)c1ccc2c3ccc(Oc4[c-]c5c(cc4)c4ncccc4n4ccnc54)[c-]c3c3nccn3c2c1.[Pt+2]. The summed E-state index contributed by atoms with van der Waals surface area (Å²) in [5.74, 6) is 1.19. The summed E-state index contributed by atoms with van der Waals surface area (Å²) >= 11 is 0. The Morgan fingerprint density at radius 2 is 1.30 bits per heavy atom. The number of hydrogen-bond donors (Lipinski definition) is 0. The third-order valence-electron chi connectivity index (χ3n) is 7.50. The van der Waals surface area contributed by atoms with Gasteiger partial charge in [0, 0.05) is 48.0 Å². The number of imidazole rings is 2. The molecule has 40 heavy (non-hydrogen) atoms. The third kappa shape index (κ3) is 3.63. The maximum Gasteiger partial charge on any atom is 2.00 e. The van der Waals surface area contributed by atoms with Crippen molar-refractivity contribution in [2.45, 2.75) is 26.2 Å². The van der Waals surface area contributed by atoms with Gasteiger partial charge in [0.15, 0.2) is 0 Å². The average Bonchev–Trinajstić information content (AvgIpc) is 3.63. The van der Waals surface area contributed by atoms with Crippen LogP contribution in [0.1, 0.15) is 26.3 Å². The maximum atomic E-state index is 6.33. The summed E-state index contributed by atoms with van der Waals surface area (Å²) in [7, 11) is 0. The molecule has 5 aromatic heterocycles. The van der Waals surface area contributed by atoms with Crippen LogP contribution in [0.5, 0.6) is 11.5 Å². The number of rotatable bonds is 2. The third-order valence-corrected chi connectivity index (χ3v) is 7.50. The van der Waals surface area contributed by atoms with Crippen molar-refractivity contribution in [3.05, 3.63) is 103 Å². The first-order valence-corrected chi connectivity index (χ1v) is 12.9. The monoisotopic (exact) mass is 700 g/mol. The number of benzene rings is 3. The summed E-state index contributed by atoms with van der Waals surface area (Å²) in [6.07, 6.45) is 9.40. The molecule has 0 unspecified atom stereocenters. The zero-order chi connectivity index (χ0) is 26.3. The molecule has 0 bridgehead atoms. The Balaban J connectivity index is 0.00000264. The van der Waals surface area contributed by atoms with E-state index in [1.165, 1.54) is 5.56 Å². The first-order chi connectivity index (χ1) is 19.0. The Labute approximate surface area is 244 Å². The van der Waals surface area contributed by atoms with E-state index in [2.05, 4.69) is 82.6 Å². The van der Waals surface area contributed by atoms with Gasteiger partial charge in [-0.15, -0.1) is 12.1 Å². The van der Waals surface area contributed by atoms with Crippen molar-refractivity contribution < 1.29 is 25.8 Å². The Morgan fingerprint density at radius 1 is 0.675 bits per heavy atom. The molecular weight excluding hydrogens is 677 g/mol. The van der Waals surface area contributed by atoms with Gasteiger partial charge in [-0.1, -0.05) is 78.7 Å². The average molecular weight is 701 g/mol. The van der Waals surface area contributed by atoms with Crippen LogP contribution in [-0.2, 0) is 26.5 Å². The standard InChI is InChI=1S/C33H23N5O.Pt/c1-33(2,3)20-6-9-24-23-10-7-21(18-26(23)31-35-14-16-38(31)29(24)17-20)39-22-8-11-25-27(19-22)32-36-13-15-37(32)28-5-4-12-34-30(25)28;/h4-17H,1-3H3;/q-2;+2. The van der Waals surface area contributed by atoms with Gasteiger partial charge in [-0.2, -0.15) is 0 Å². The molecule has 0 atom stereocenters. The molecule has 0 aliphatic carbocycles. The fourth-order valence-corrected chi connectivity index (χ4v) is 5.55. The Hall–Kier alpha value is -4.28. The predicted molar refractivity (Wildman–Crippen MR) is 155 cm³/mol. The number of hydrogen-bond acceptors (Lipinski definition) is 4. The van der Waals surface area contributed by atoms with Crippen molar-refractivity contribution >= 4 is 54.8 Å². The molecule has 0 fully saturated rings. The van der Waals surface area contributed by atoms with Crippen LogP contribution in [0.2, 0.25) is 0 Å². The summed E-state index contributed by atoms with van der Waals surface area (Å²) in [6, 6.07) is 25.6. The number of nitrogens with zero attached hydrogens (tertiary/aromatic N) is 5. The normalized spacial score (nSPS) is 12.2. The molecule has 0 spiro atoms. The molecule has 0 N–H and O–H groups in total. The minimum atomic E-state index is 0. The second kappa shape index (κ2) is 8.87. The smallest absolute Gasteiger partial charge is 0.497 e. The first-order valence-electron chi connectivity index (χ1n) is 12.9. The van der Waals surface area contributed by atoms with Crippen LogP contribution >= 0.6 is 0 Å². The second-order valence-corrected chi connectivity index (χ2v) is 10.9. The van der Waals surface area contributed by atoms with Crippen molar-refractivity contribution in [3.8, 4) is 11.5 Å². The molecule has 7 heteroatoms. The van der Waals surface area contributed by atoms with Gasteiger partial charge in [0.1, 0.15) is 0 Å². The molecule has 8 aromatic rings.